The van der Waals surface area contributed by atoms with Crippen LogP contribution in [0.5, 0.6) is 0 Å². The number of carbonyl (C=O) groups excluding carboxylic acids is 2. The Morgan fingerprint density at radius 1 is 1.05 bits per heavy atom. The molecule has 0 unspecified atom stereocenters. The first-order valence-electron chi connectivity index (χ1n) is 14.6. The molecule has 0 spiro atoms. The number of H-pyrrole nitrogens is 1. The maximum absolute atomic E-state index is 12.9. The van der Waals surface area contributed by atoms with Gasteiger partial charge in [-0.05, 0) is 48.9 Å². The van der Waals surface area contributed by atoms with Crippen LogP contribution in [-0.2, 0) is 20.7 Å². The highest BCUT2D eigenvalue weighted by atomic mass is 16.5. The number of aromatic amines is 1. The van der Waals surface area contributed by atoms with Crippen LogP contribution < -0.4 is 20.4 Å². The van der Waals surface area contributed by atoms with E-state index < -0.39 is 0 Å². The Morgan fingerprint density at radius 3 is 2.70 bits per heavy atom. The zero-order valence-electron chi connectivity index (χ0n) is 24.1. The Kier molecular flexibility index (Phi) is 8.47. The maximum atomic E-state index is 12.9. The van der Waals surface area contributed by atoms with Gasteiger partial charge in [-0.1, -0.05) is 30.2 Å². The number of fused-ring (bicyclic) bond motifs is 1. The van der Waals surface area contributed by atoms with E-state index in [1.54, 1.807) is 19.4 Å². The average molecular weight is 579 g/mol. The summed E-state index contributed by atoms with van der Waals surface area (Å²) in [5, 5.41) is 6.89. The Morgan fingerprint density at radius 2 is 1.88 bits per heavy atom. The molecule has 11 heteroatoms. The van der Waals surface area contributed by atoms with Crippen LogP contribution in [0.3, 0.4) is 0 Å². The standard InChI is InChI=1S/C32H34N8O3/c1-2-4-29(41)36-24-5-3-12-40(20-24)25-10-11-33-28(18-25)38-30(42)17-22-6-8-23(9-7-22)27-19-26-31(37-27)34-21-35-32(26)39-13-15-43-16-14-39/h6-11,18-19,21,24H,3,5,12-17,20H2,1H3,(H,36,41)(H,33,38,42)(H,34,35,37)/t24-/m1/s1. The smallest absolute Gasteiger partial charge is 0.296 e. The quantitative estimate of drug-likeness (QED) is 0.286. The van der Waals surface area contributed by atoms with Crippen molar-refractivity contribution in [2.45, 2.75) is 32.2 Å². The molecule has 1 atom stereocenters. The number of rotatable bonds is 7. The molecule has 2 aliphatic heterocycles. The highest BCUT2D eigenvalue weighted by Gasteiger charge is 2.22. The van der Waals surface area contributed by atoms with Crippen molar-refractivity contribution in [3.63, 3.8) is 0 Å². The predicted molar refractivity (Wildman–Crippen MR) is 166 cm³/mol. The molecule has 2 saturated heterocycles. The van der Waals surface area contributed by atoms with Crippen molar-refractivity contribution in [1.82, 2.24) is 25.3 Å². The van der Waals surface area contributed by atoms with E-state index >= 15 is 0 Å². The first kappa shape index (κ1) is 28.2. The van der Waals surface area contributed by atoms with Gasteiger partial charge in [0.25, 0.3) is 5.91 Å². The second kappa shape index (κ2) is 12.9. The number of hydrogen-bond acceptors (Lipinski definition) is 8. The van der Waals surface area contributed by atoms with Crippen LogP contribution in [0.2, 0.25) is 0 Å². The highest BCUT2D eigenvalue weighted by Crippen LogP contribution is 2.29. The highest BCUT2D eigenvalue weighted by molar-refractivity contribution is 5.94. The second-order valence-electron chi connectivity index (χ2n) is 10.7. The molecule has 11 nitrogen and oxygen atoms in total. The molecular formula is C32H34N8O3. The van der Waals surface area contributed by atoms with E-state index in [-0.39, 0.29) is 24.3 Å². The molecule has 43 heavy (non-hydrogen) atoms. The number of hydrogen-bond donors (Lipinski definition) is 3. The van der Waals surface area contributed by atoms with Crippen LogP contribution in [0, 0.1) is 11.8 Å². The fourth-order valence-corrected chi connectivity index (χ4v) is 5.63. The number of anilines is 3. The number of nitrogens with one attached hydrogen (secondary N) is 3. The first-order valence-corrected chi connectivity index (χ1v) is 14.6. The van der Waals surface area contributed by atoms with Gasteiger partial charge in [0.1, 0.15) is 23.6 Å². The van der Waals surface area contributed by atoms with Crippen LogP contribution in [0.25, 0.3) is 22.3 Å². The number of piperidine rings is 1. The zero-order valence-corrected chi connectivity index (χ0v) is 24.1. The summed E-state index contributed by atoms with van der Waals surface area (Å²) in [5.74, 6) is 6.19. The van der Waals surface area contributed by atoms with Gasteiger partial charge in [-0.25, -0.2) is 15.0 Å². The molecule has 1 aromatic carbocycles. The number of aromatic nitrogens is 4. The Hall–Kier alpha value is -4.95. The molecule has 3 aromatic heterocycles. The van der Waals surface area contributed by atoms with Crippen molar-refractivity contribution in [2.24, 2.45) is 0 Å². The summed E-state index contributed by atoms with van der Waals surface area (Å²) in [7, 11) is 0. The summed E-state index contributed by atoms with van der Waals surface area (Å²) in [4.78, 5) is 46.0. The van der Waals surface area contributed by atoms with Crippen molar-refractivity contribution in [2.75, 3.05) is 54.5 Å². The third kappa shape index (κ3) is 6.76. The van der Waals surface area contributed by atoms with Gasteiger partial charge in [0.15, 0.2) is 0 Å². The summed E-state index contributed by atoms with van der Waals surface area (Å²) < 4.78 is 5.49. The van der Waals surface area contributed by atoms with E-state index in [0.29, 0.717) is 25.6 Å². The summed E-state index contributed by atoms with van der Waals surface area (Å²) in [6.45, 7) is 6.18. The van der Waals surface area contributed by atoms with Crippen molar-refractivity contribution >= 4 is 40.2 Å². The minimum Gasteiger partial charge on any atom is -0.378 e. The lowest BCUT2D eigenvalue weighted by molar-refractivity contribution is -0.116. The zero-order chi connectivity index (χ0) is 29.6. The number of nitrogens with zero attached hydrogens (tertiary/aromatic N) is 5. The largest absolute Gasteiger partial charge is 0.378 e. The first-order chi connectivity index (χ1) is 21.1. The van der Waals surface area contributed by atoms with E-state index in [0.717, 1.165) is 71.8 Å². The Balaban J connectivity index is 1.08. The van der Waals surface area contributed by atoms with Crippen molar-refractivity contribution < 1.29 is 14.3 Å². The number of benzene rings is 1. The van der Waals surface area contributed by atoms with Gasteiger partial charge in [0, 0.05) is 55.9 Å². The topological polar surface area (TPSA) is 128 Å². The van der Waals surface area contributed by atoms with Crippen LogP contribution in [0.15, 0.2) is 55.0 Å². The minimum atomic E-state index is -0.251. The number of amides is 2. The van der Waals surface area contributed by atoms with E-state index in [4.69, 9.17) is 4.74 Å². The lowest BCUT2D eigenvalue weighted by Gasteiger charge is -2.34. The molecule has 2 aliphatic rings. The van der Waals surface area contributed by atoms with Gasteiger partial charge in [-0.15, -0.1) is 0 Å². The number of carbonyl (C=O) groups is 2. The van der Waals surface area contributed by atoms with Crippen LogP contribution in [-0.4, -0.2) is 77.2 Å². The Bertz CT molecular complexity index is 1670. The van der Waals surface area contributed by atoms with E-state index in [1.165, 1.54) is 0 Å². The van der Waals surface area contributed by atoms with Gasteiger partial charge < -0.3 is 30.2 Å². The van der Waals surface area contributed by atoms with Gasteiger partial charge in [0.2, 0.25) is 5.91 Å². The summed E-state index contributed by atoms with van der Waals surface area (Å²) in [5.41, 5.74) is 4.59. The molecular weight excluding hydrogens is 544 g/mol. The number of ether oxygens (including phenoxy) is 1. The summed E-state index contributed by atoms with van der Waals surface area (Å²) in [6.07, 6.45) is 5.37. The second-order valence-corrected chi connectivity index (χ2v) is 10.7. The lowest BCUT2D eigenvalue weighted by atomic mass is 10.0. The molecule has 6 rings (SSSR count). The summed E-state index contributed by atoms with van der Waals surface area (Å²) in [6, 6.07) is 13.8. The van der Waals surface area contributed by atoms with Crippen LogP contribution in [0.1, 0.15) is 25.3 Å². The Labute approximate surface area is 250 Å². The van der Waals surface area contributed by atoms with Crippen molar-refractivity contribution in [1.29, 1.82) is 0 Å². The molecule has 4 aromatic rings. The maximum Gasteiger partial charge on any atom is 0.296 e. The monoisotopic (exact) mass is 578 g/mol. The van der Waals surface area contributed by atoms with E-state index in [2.05, 4.69) is 58.3 Å². The molecule has 5 heterocycles. The fraction of sp³-hybridized carbons (Fsp3) is 0.344. The molecule has 0 bridgehead atoms. The number of pyridine rings is 1. The third-order valence-electron chi connectivity index (χ3n) is 7.72. The molecule has 3 N–H and O–H groups in total. The molecule has 0 saturated carbocycles. The van der Waals surface area contributed by atoms with Crippen molar-refractivity contribution in [3.05, 3.63) is 60.6 Å². The minimum absolute atomic E-state index is 0.0281. The molecule has 0 radical (unpaired) electrons. The fourth-order valence-electron chi connectivity index (χ4n) is 5.63. The van der Waals surface area contributed by atoms with E-state index in [9.17, 15) is 9.59 Å². The average Bonchev–Trinajstić information content (AvgIpc) is 3.47. The normalized spacial score (nSPS) is 16.8. The van der Waals surface area contributed by atoms with Gasteiger partial charge in [-0.2, -0.15) is 0 Å². The molecule has 2 fully saturated rings. The van der Waals surface area contributed by atoms with Crippen LogP contribution in [0.4, 0.5) is 17.3 Å². The number of morpholine rings is 1. The lowest BCUT2D eigenvalue weighted by Crippen LogP contribution is -2.47. The predicted octanol–water partition coefficient (Wildman–Crippen LogP) is 3.15. The SMILES string of the molecule is CC#CC(=O)N[C@@H]1CCCN(c2ccnc(NC(=O)Cc3ccc(-c4cc5c(N6CCOCC6)ncnc5[nH]4)cc3)c2)C1. The molecule has 2 amide bonds. The molecule has 0 aliphatic carbocycles. The van der Waals surface area contributed by atoms with E-state index in [1.807, 2.05) is 36.4 Å². The summed E-state index contributed by atoms with van der Waals surface area (Å²) >= 11 is 0. The van der Waals surface area contributed by atoms with Crippen LogP contribution >= 0.6 is 0 Å². The third-order valence-corrected chi connectivity index (χ3v) is 7.72. The van der Waals surface area contributed by atoms with Crippen molar-refractivity contribution in [3.8, 4) is 23.1 Å². The van der Waals surface area contributed by atoms with Gasteiger partial charge in [-0.3, -0.25) is 9.59 Å². The van der Waals surface area contributed by atoms with Gasteiger partial charge >= 0.3 is 0 Å². The van der Waals surface area contributed by atoms with Gasteiger partial charge in [0.05, 0.1) is 25.0 Å². The molecule has 220 valence electrons.